The number of anilines is 1. The summed E-state index contributed by atoms with van der Waals surface area (Å²) in [6.07, 6.45) is 1.31. The lowest BCUT2D eigenvalue weighted by Crippen LogP contribution is -2.52. The molecule has 0 bridgehead atoms. The Morgan fingerprint density at radius 2 is 1.63 bits per heavy atom. The molecule has 0 radical (unpaired) electrons. The molecule has 0 spiro atoms. The van der Waals surface area contributed by atoms with Crippen LogP contribution in [0, 0.1) is 0 Å². The fourth-order valence-electron chi connectivity index (χ4n) is 3.82. The van der Waals surface area contributed by atoms with E-state index in [-0.39, 0.29) is 30.7 Å². The second-order valence-electron chi connectivity index (χ2n) is 7.52. The molecule has 3 rings (SSSR count). The fraction of sp³-hybridized carbons (Fsp3) is 0.348. The molecule has 30 heavy (non-hydrogen) atoms. The molecule has 0 saturated carbocycles. The van der Waals surface area contributed by atoms with E-state index in [2.05, 4.69) is 26.6 Å². The first-order chi connectivity index (χ1) is 14.4. The van der Waals surface area contributed by atoms with Gasteiger partial charge in [-0.3, -0.25) is 14.4 Å². The smallest absolute Gasteiger partial charge is 0.230 e. The highest BCUT2D eigenvalue weighted by Gasteiger charge is 2.43. The Morgan fingerprint density at radius 3 is 2.23 bits per heavy atom. The molecule has 7 heteroatoms. The van der Waals surface area contributed by atoms with Crippen molar-refractivity contribution in [2.24, 2.45) is 0 Å². The highest BCUT2D eigenvalue weighted by Crippen LogP contribution is 2.36. The van der Waals surface area contributed by atoms with Crippen molar-refractivity contribution >= 4 is 39.3 Å². The van der Waals surface area contributed by atoms with Crippen LogP contribution < -0.4 is 10.6 Å². The molecule has 6 nitrogen and oxygen atoms in total. The van der Waals surface area contributed by atoms with E-state index >= 15 is 0 Å². The van der Waals surface area contributed by atoms with Crippen LogP contribution in [0.1, 0.15) is 31.7 Å². The zero-order chi connectivity index (χ0) is 21.6. The van der Waals surface area contributed by atoms with Gasteiger partial charge in [0.25, 0.3) is 0 Å². The van der Waals surface area contributed by atoms with E-state index in [1.54, 1.807) is 11.8 Å². The number of nitrogens with one attached hydrogen (secondary N) is 2. The Morgan fingerprint density at radius 1 is 1.00 bits per heavy atom. The van der Waals surface area contributed by atoms with Crippen molar-refractivity contribution in [3.63, 3.8) is 0 Å². The maximum atomic E-state index is 13.2. The van der Waals surface area contributed by atoms with Crippen LogP contribution in [0.4, 0.5) is 5.69 Å². The van der Waals surface area contributed by atoms with Gasteiger partial charge in [0.05, 0.1) is 5.41 Å². The third kappa shape index (κ3) is 5.27. The van der Waals surface area contributed by atoms with Gasteiger partial charge in [-0.15, -0.1) is 0 Å². The van der Waals surface area contributed by atoms with Crippen LogP contribution in [0.3, 0.4) is 0 Å². The van der Waals surface area contributed by atoms with Gasteiger partial charge in [0.15, 0.2) is 0 Å². The monoisotopic (exact) mass is 471 g/mol. The van der Waals surface area contributed by atoms with E-state index in [9.17, 15) is 14.4 Å². The van der Waals surface area contributed by atoms with Crippen molar-refractivity contribution in [2.75, 3.05) is 25.0 Å². The van der Waals surface area contributed by atoms with Gasteiger partial charge in [-0.25, -0.2) is 0 Å². The second kappa shape index (κ2) is 9.89. The summed E-state index contributed by atoms with van der Waals surface area (Å²) in [6, 6.07) is 17.0. The van der Waals surface area contributed by atoms with Crippen LogP contribution in [0.15, 0.2) is 59.1 Å². The lowest BCUT2D eigenvalue weighted by Gasteiger charge is -2.40. The number of hydrogen-bond donors (Lipinski definition) is 2. The van der Waals surface area contributed by atoms with Gasteiger partial charge in [0.1, 0.15) is 0 Å². The molecule has 2 N–H and O–H groups in total. The standard InChI is InChI=1S/C23H26BrN3O3/c1-17(28)27-15-12-23(13-16-27,18-5-3-2-4-6-18)22(30)25-14-11-21(29)26-20-9-7-19(24)8-10-20/h2-10H,11-16H2,1H3,(H,25,30)(H,26,29). The molecule has 1 fully saturated rings. The summed E-state index contributed by atoms with van der Waals surface area (Å²) < 4.78 is 0.940. The van der Waals surface area contributed by atoms with E-state index in [0.29, 0.717) is 31.6 Å². The zero-order valence-electron chi connectivity index (χ0n) is 17.0. The predicted octanol–water partition coefficient (Wildman–Crippen LogP) is 3.47. The number of amides is 3. The fourth-order valence-corrected chi connectivity index (χ4v) is 4.09. The summed E-state index contributed by atoms with van der Waals surface area (Å²) in [6.45, 7) is 2.90. The molecule has 2 aromatic carbocycles. The molecule has 0 atom stereocenters. The Balaban J connectivity index is 1.61. The van der Waals surface area contributed by atoms with E-state index in [1.165, 1.54) is 0 Å². The van der Waals surface area contributed by atoms with Crippen molar-refractivity contribution < 1.29 is 14.4 Å². The Hall–Kier alpha value is -2.67. The van der Waals surface area contributed by atoms with Crippen molar-refractivity contribution in [3.8, 4) is 0 Å². The Kier molecular flexibility index (Phi) is 7.26. The van der Waals surface area contributed by atoms with Crippen molar-refractivity contribution in [3.05, 3.63) is 64.6 Å². The van der Waals surface area contributed by atoms with E-state index < -0.39 is 5.41 Å². The molecule has 1 saturated heterocycles. The highest BCUT2D eigenvalue weighted by molar-refractivity contribution is 9.10. The van der Waals surface area contributed by atoms with Crippen LogP contribution in [-0.2, 0) is 19.8 Å². The number of hydrogen-bond acceptors (Lipinski definition) is 3. The Labute approximate surface area is 185 Å². The minimum atomic E-state index is -0.685. The summed E-state index contributed by atoms with van der Waals surface area (Å²) >= 11 is 3.36. The van der Waals surface area contributed by atoms with Crippen molar-refractivity contribution in [1.29, 1.82) is 0 Å². The van der Waals surface area contributed by atoms with Gasteiger partial charge < -0.3 is 15.5 Å². The molecular weight excluding hydrogens is 446 g/mol. The summed E-state index contributed by atoms with van der Waals surface area (Å²) in [4.78, 5) is 38.9. The number of halogens is 1. The Bertz CT molecular complexity index is 892. The van der Waals surface area contributed by atoms with Gasteiger partial charge in [-0.05, 0) is 42.7 Å². The molecule has 0 aliphatic carbocycles. The van der Waals surface area contributed by atoms with E-state index in [1.807, 2.05) is 54.6 Å². The molecule has 1 aliphatic rings. The topological polar surface area (TPSA) is 78.5 Å². The lowest BCUT2D eigenvalue weighted by molar-refractivity contribution is -0.135. The zero-order valence-corrected chi connectivity index (χ0v) is 18.6. The average molecular weight is 472 g/mol. The quantitative estimate of drug-likeness (QED) is 0.676. The molecular formula is C23H26BrN3O3. The van der Waals surface area contributed by atoms with Crippen LogP contribution in [0.25, 0.3) is 0 Å². The first kappa shape index (κ1) is 22.0. The van der Waals surface area contributed by atoms with Crippen molar-refractivity contribution in [2.45, 2.75) is 31.6 Å². The van der Waals surface area contributed by atoms with Gasteiger partial charge in [0, 0.05) is 43.1 Å². The first-order valence-electron chi connectivity index (χ1n) is 10.1. The third-order valence-corrected chi connectivity index (χ3v) is 6.12. The second-order valence-corrected chi connectivity index (χ2v) is 8.43. The number of carbonyl (C=O) groups is 3. The van der Waals surface area contributed by atoms with Crippen molar-refractivity contribution in [1.82, 2.24) is 10.2 Å². The SMILES string of the molecule is CC(=O)N1CCC(C(=O)NCCC(=O)Nc2ccc(Br)cc2)(c2ccccc2)CC1. The minimum absolute atomic E-state index is 0.0293. The maximum Gasteiger partial charge on any atom is 0.230 e. The molecule has 158 valence electrons. The van der Waals surface area contributed by atoms with Crippen LogP contribution in [0.2, 0.25) is 0 Å². The van der Waals surface area contributed by atoms with Crippen LogP contribution >= 0.6 is 15.9 Å². The van der Waals surface area contributed by atoms with Gasteiger partial charge in [-0.2, -0.15) is 0 Å². The molecule has 0 unspecified atom stereocenters. The molecule has 1 aliphatic heterocycles. The first-order valence-corrected chi connectivity index (χ1v) is 10.8. The molecule has 0 aromatic heterocycles. The summed E-state index contributed by atoms with van der Waals surface area (Å²) in [7, 11) is 0. The maximum absolute atomic E-state index is 13.2. The van der Waals surface area contributed by atoms with Crippen LogP contribution in [0.5, 0.6) is 0 Å². The summed E-state index contributed by atoms with van der Waals surface area (Å²) in [5, 5.41) is 5.78. The lowest BCUT2D eigenvalue weighted by atomic mass is 9.72. The number of benzene rings is 2. The van der Waals surface area contributed by atoms with E-state index in [4.69, 9.17) is 0 Å². The van der Waals surface area contributed by atoms with Gasteiger partial charge >= 0.3 is 0 Å². The molecule has 2 aromatic rings. The summed E-state index contributed by atoms with van der Waals surface area (Å²) in [5.41, 5.74) is 0.979. The largest absolute Gasteiger partial charge is 0.355 e. The normalized spacial score (nSPS) is 15.3. The summed E-state index contributed by atoms with van der Waals surface area (Å²) in [5.74, 6) is -0.215. The highest BCUT2D eigenvalue weighted by atomic mass is 79.9. The number of nitrogens with zero attached hydrogens (tertiary/aromatic N) is 1. The third-order valence-electron chi connectivity index (χ3n) is 5.59. The molecule has 3 amide bonds. The molecule has 1 heterocycles. The van der Waals surface area contributed by atoms with Gasteiger partial charge in [0.2, 0.25) is 17.7 Å². The predicted molar refractivity (Wildman–Crippen MR) is 120 cm³/mol. The van der Waals surface area contributed by atoms with Gasteiger partial charge in [-0.1, -0.05) is 46.3 Å². The number of rotatable bonds is 6. The number of piperidine rings is 1. The number of likely N-dealkylation sites (tertiary alicyclic amines) is 1. The minimum Gasteiger partial charge on any atom is -0.355 e. The number of carbonyl (C=O) groups excluding carboxylic acids is 3. The van der Waals surface area contributed by atoms with Crippen LogP contribution in [-0.4, -0.2) is 42.3 Å². The van der Waals surface area contributed by atoms with E-state index in [0.717, 1.165) is 10.0 Å². The average Bonchev–Trinajstić information content (AvgIpc) is 2.76.